The SMILES string of the molecule is COCCN(Cc1c(-c2ccccc2)nn(C)c1Oc1cccc(F)c1)CC(O)COC(C)C. The summed E-state index contributed by atoms with van der Waals surface area (Å²) < 4.78 is 32.5. The first-order valence-electron chi connectivity index (χ1n) is 11.4. The van der Waals surface area contributed by atoms with E-state index in [0.717, 1.165) is 16.8 Å². The Morgan fingerprint density at radius 2 is 1.88 bits per heavy atom. The number of aliphatic hydroxyl groups excluding tert-OH is 1. The fourth-order valence-electron chi connectivity index (χ4n) is 3.63. The molecule has 7 nitrogen and oxygen atoms in total. The summed E-state index contributed by atoms with van der Waals surface area (Å²) in [5.74, 6) is 0.525. The Labute approximate surface area is 200 Å². The molecule has 0 aliphatic heterocycles. The average Bonchev–Trinajstić information content (AvgIpc) is 3.11. The summed E-state index contributed by atoms with van der Waals surface area (Å²) in [7, 11) is 3.45. The molecule has 2 aromatic carbocycles. The zero-order chi connectivity index (χ0) is 24.5. The molecule has 3 rings (SSSR count). The fraction of sp³-hybridized carbons (Fsp3) is 0.423. The van der Waals surface area contributed by atoms with Crippen LogP contribution in [0.5, 0.6) is 11.6 Å². The molecule has 0 spiro atoms. The first-order chi connectivity index (χ1) is 16.4. The Kier molecular flexibility index (Phi) is 9.59. The van der Waals surface area contributed by atoms with Crippen LogP contribution in [0.1, 0.15) is 19.4 Å². The van der Waals surface area contributed by atoms with Crippen LogP contribution in [-0.4, -0.2) is 65.4 Å². The molecule has 8 heteroatoms. The van der Waals surface area contributed by atoms with Crippen molar-refractivity contribution in [2.45, 2.75) is 32.6 Å². The third-order valence-electron chi connectivity index (χ3n) is 5.23. The monoisotopic (exact) mass is 471 g/mol. The predicted octanol–water partition coefficient (Wildman–Crippen LogP) is 4.25. The number of hydrogen-bond acceptors (Lipinski definition) is 6. The summed E-state index contributed by atoms with van der Waals surface area (Å²) in [5, 5.41) is 15.3. The van der Waals surface area contributed by atoms with Crippen LogP contribution in [0, 0.1) is 5.82 Å². The predicted molar refractivity (Wildman–Crippen MR) is 129 cm³/mol. The Hall–Kier alpha value is -2.78. The molecule has 0 radical (unpaired) electrons. The van der Waals surface area contributed by atoms with E-state index in [-0.39, 0.29) is 18.5 Å². The molecule has 184 valence electrons. The number of aryl methyl sites for hydroxylation is 1. The van der Waals surface area contributed by atoms with Crippen molar-refractivity contribution in [2.75, 3.05) is 33.4 Å². The number of aliphatic hydroxyl groups is 1. The van der Waals surface area contributed by atoms with Crippen LogP contribution in [0.15, 0.2) is 54.6 Å². The van der Waals surface area contributed by atoms with Gasteiger partial charge in [0.15, 0.2) is 0 Å². The Morgan fingerprint density at radius 3 is 2.56 bits per heavy atom. The topological polar surface area (TPSA) is 69.0 Å². The largest absolute Gasteiger partial charge is 0.439 e. The van der Waals surface area contributed by atoms with E-state index >= 15 is 0 Å². The third-order valence-corrected chi connectivity index (χ3v) is 5.23. The van der Waals surface area contributed by atoms with Crippen molar-refractivity contribution in [1.29, 1.82) is 0 Å². The number of rotatable bonds is 13. The van der Waals surface area contributed by atoms with E-state index in [1.54, 1.807) is 31.0 Å². The van der Waals surface area contributed by atoms with Gasteiger partial charge < -0.3 is 19.3 Å². The summed E-state index contributed by atoms with van der Waals surface area (Å²) >= 11 is 0. The minimum absolute atomic E-state index is 0.0383. The molecule has 0 fully saturated rings. The number of benzene rings is 2. The van der Waals surface area contributed by atoms with E-state index in [1.165, 1.54) is 12.1 Å². The van der Waals surface area contributed by atoms with E-state index < -0.39 is 6.10 Å². The smallest absolute Gasteiger partial charge is 0.222 e. The molecule has 1 aromatic heterocycles. The van der Waals surface area contributed by atoms with Crippen molar-refractivity contribution in [1.82, 2.24) is 14.7 Å². The summed E-state index contributed by atoms with van der Waals surface area (Å²) in [4.78, 5) is 2.08. The molecular formula is C26H34FN3O4. The summed E-state index contributed by atoms with van der Waals surface area (Å²) in [6, 6.07) is 15.9. The van der Waals surface area contributed by atoms with Crippen LogP contribution in [-0.2, 0) is 23.1 Å². The molecule has 34 heavy (non-hydrogen) atoms. The maximum Gasteiger partial charge on any atom is 0.222 e. The van der Waals surface area contributed by atoms with Crippen LogP contribution in [0.3, 0.4) is 0 Å². The minimum Gasteiger partial charge on any atom is -0.439 e. The van der Waals surface area contributed by atoms with Gasteiger partial charge in [-0.25, -0.2) is 9.07 Å². The molecule has 1 heterocycles. The quantitative estimate of drug-likeness (QED) is 0.402. The molecule has 1 atom stereocenters. The zero-order valence-corrected chi connectivity index (χ0v) is 20.3. The van der Waals surface area contributed by atoms with Crippen molar-refractivity contribution < 1.29 is 23.7 Å². The number of ether oxygens (including phenoxy) is 3. The Morgan fingerprint density at radius 1 is 1.12 bits per heavy atom. The van der Waals surface area contributed by atoms with Gasteiger partial charge in [0.25, 0.3) is 0 Å². The second-order valence-corrected chi connectivity index (χ2v) is 8.45. The molecular weight excluding hydrogens is 437 g/mol. The molecule has 0 saturated carbocycles. The van der Waals surface area contributed by atoms with Gasteiger partial charge in [-0.05, 0) is 26.0 Å². The fourth-order valence-corrected chi connectivity index (χ4v) is 3.63. The van der Waals surface area contributed by atoms with Gasteiger partial charge in [-0.1, -0.05) is 36.4 Å². The zero-order valence-electron chi connectivity index (χ0n) is 20.3. The molecule has 0 aliphatic carbocycles. The lowest BCUT2D eigenvalue weighted by molar-refractivity contribution is -0.0121. The van der Waals surface area contributed by atoms with E-state index in [4.69, 9.17) is 19.3 Å². The summed E-state index contributed by atoms with van der Waals surface area (Å²) in [6.07, 6.45) is -0.625. The molecule has 0 aliphatic rings. The molecule has 0 bridgehead atoms. The van der Waals surface area contributed by atoms with E-state index in [2.05, 4.69) is 4.90 Å². The van der Waals surface area contributed by atoms with Crippen molar-refractivity contribution in [3.63, 3.8) is 0 Å². The number of hydrogen-bond donors (Lipinski definition) is 1. The second kappa shape index (κ2) is 12.6. The first-order valence-corrected chi connectivity index (χ1v) is 11.4. The highest BCUT2D eigenvalue weighted by Gasteiger charge is 2.23. The van der Waals surface area contributed by atoms with Gasteiger partial charge in [0, 0.05) is 45.4 Å². The van der Waals surface area contributed by atoms with E-state index in [0.29, 0.717) is 37.9 Å². The van der Waals surface area contributed by atoms with Crippen LogP contribution >= 0.6 is 0 Å². The Balaban J connectivity index is 1.94. The molecule has 0 saturated heterocycles. The van der Waals surface area contributed by atoms with Crippen LogP contribution in [0.2, 0.25) is 0 Å². The normalized spacial score (nSPS) is 12.5. The second-order valence-electron chi connectivity index (χ2n) is 8.45. The Bertz CT molecular complexity index is 1030. The van der Waals surface area contributed by atoms with Crippen molar-refractivity contribution in [3.05, 3.63) is 66.0 Å². The highest BCUT2D eigenvalue weighted by molar-refractivity contribution is 5.65. The lowest BCUT2D eigenvalue weighted by Gasteiger charge is -2.25. The number of halogens is 1. The van der Waals surface area contributed by atoms with Crippen LogP contribution in [0.25, 0.3) is 11.3 Å². The van der Waals surface area contributed by atoms with E-state index in [9.17, 15) is 9.50 Å². The van der Waals surface area contributed by atoms with Gasteiger partial charge in [-0.15, -0.1) is 0 Å². The average molecular weight is 472 g/mol. The first kappa shape index (κ1) is 25.8. The molecule has 1 N–H and O–H groups in total. The highest BCUT2D eigenvalue weighted by atomic mass is 19.1. The maximum atomic E-state index is 13.8. The van der Waals surface area contributed by atoms with Gasteiger partial charge >= 0.3 is 0 Å². The molecule has 1 unspecified atom stereocenters. The van der Waals surface area contributed by atoms with Crippen LogP contribution < -0.4 is 4.74 Å². The molecule has 0 amide bonds. The number of methoxy groups -OCH3 is 1. The standard InChI is InChI=1S/C26H34FN3O4/c1-19(2)33-18-22(31)16-30(13-14-32-4)17-24-25(20-9-6-5-7-10-20)28-29(3)26(24)34-23-12-8-11-21(27)15-23/h5-12,15,19,22,31H,13-14,16-18H2,1-4H3. The maximum absolute atomic E-state index is 13.8. The van der Waals surface area contributed by atoms with Crippen molar-refractivity contribution in [2.24, 2.45) is 7.05 Å². The van der Waals surface area contributed by atoms with Gasteiger partial charge in [0.1, 0.15) is 17.3 Å². The lowest BCUT2D eigenvalue weighted by Crippen LogP contribution is -2.37. The van der Waals surface area contributed by atoms with Gasteiger partial charge in [-0.3, -0.25) is 4.90 Å². The van der Waals surface area contributed by atoms with Gasteiger partial charge in [-0.2, -0.15) is 5.10 Å². The van der Waals surface area contributed by atoms with Gasteiger partial charge in [0.2, 0.25) is 5.88 Å². The molecule has 3 aromatic rings. The van der Waals surface area contributed by atoms with Crippen LogP contribution in [0.4, 0.5) is 4.39 Å². The number of nitrogens with zero attached hydrogens (tertiary/aromatic N) is 3. The minimum atomic E-state index is -0.663. The van der Waals surface area contributed by atoms with Gasteiger partial charge in [0.05, 0.1) is 31.0 Å². The number of aromatic nitrogens is 2. The third kappa shape index (κ3) is 7.36. The van der Waals surface area contributed by atoms with Crippen molar-refractivity contribution >= 4 is 0 Å². The van der Waals surface area contributed by atoms with Crippen molar-refractivity contribution in [3.8, 4) is 22.9 Å². The van der Waals surface area contributed by atoms with E-state index in [1.807, 2.05) is 44.2 Å². The summed E-state index contributed by atoms with van der Waals surface area (Å²) in [5.41, 5.74) is 2.55. The highest BCUT2D eigenvalue weighted by Crippen LogP contribution is 2.34. The summed E-state index contributed by atoms with van der Waals surface area (Å²) in [6.45, 7) is 6.05. The lowest BCUT2D eigenvalue weighted by atomic mass is 10.1.